The molecule has 2 rings (SSSR count). The number of urea groups is 1. The van der Waals surface area contributed by atoms with Gasteiger partial charge in [-0.15, -0.1) is 0 Å². The van der Waals surface area contributed by atoms with Gasteiger partial charge in [0, 0.05) is 25.4 Å². The number of carbonyl (C=O) groups excluding carboxylic acids is 1. The number of aromatic carboxylic acids is 1. The van der Waals surface area contributed by atoms with Gasteiger partial charge in [-0.05, 0) is 12.1 Å². The average molecular weight is 274 g/mol. The molecule has 2 aromatic rings. The summed E-state index contributed by atoms with van der Waals surface area (Å²) in [5.74, 6) is -1.09. The summed E-state index contributed by atoms with van der Waals surface area (Å²) in [6, 6.07) is 5.75. The number of nitrogens with one attached hydrogen (secondary N) is 2. The van der Waals surface area contributed by atoms with Gasteiger partial charge in [0.15, 0.2) is 0 Å². The van der Waals surface area contributed by atoms with Crippen LogP contribution in [0.1, 0.15) is 15.9 Å². The molecule has 0 radical (unpaired) electrons. The van der Waals surface area contributed by atoms with E-state index in [0.29, 0.717) is 6.54 Å². The molecule has 0 aliphatic carbocycles. The first-order chi connectivity index (χ1) is 9.56. The molecule has 0 fully saturated rings. The molecule has 7 heteroatoms. The summed E-state index contributed by atoms with van der Waals surface area (Å²) in [5.41, 5.74) is 1.15. The van der Waals surface area contributed by atoms with Crippen molar-refractivity contribution in [2.24, 2.45) is 7.05 Å². The van der Waals surface area contributed by atoms with Crippen molar-refractivity contribution < 1.29 is 14.7 Å². The van der Waals surface area contributed by atoms with Gasteiger partial charge >= 0.3 is 12.0 Å². The fraction of sp³-hybridized carbons (Fsp3) is 0.154. The number of hydrogen-bond acceptors (Lipinski definition) is 3. The molecule has 1 aromatic carbocycles. The summed E-state index contributed by atoms with van der Waals surface area (Å²) >= 11 is 0. The van der Waals surface area contributed by atoms with Crippen LogP contribution in [0.15, 0.2) is 36.7 Å². The molecule has 0 bridgehead atoms. The normalized spacial score (nSPS) is 10.1. The Morgan fingerprint density at radius 1 is 1.35 bits per heavy atom. The van der Waals surface area contributed by atoms with Gasteiger partial charge in [-0.1, -0.05) is 12.1 Å². The number of amides is 2. The van der Waals surface area contributed by atoms with Crippen LogP contribution < -0.4 is 10.6 Å². The predicted octanol–water partition coefficient (Wildman–Crippen LogP) is 1.44. The van der Waals surface area contributed by atoms with Crippen LogP contribution in [0.3, 0.4) is 0 Å². The van der Waals surface area contributed by atoms with Gasteiger partial charge in [0.05, 0.1) is 17.4 Å². The number of carboxylic acids is 1. The van der Waals surface area contributed by atoms with Crippen LogP contribution in [-0.4, -0.2) is 26.9 Å². The zero-order valence-electron chi connectivity index (χ0n) is 10.8. The van der Waals surface area contributed by atoms with E-state index < -0.39 is 12.0 Å². The van der Waals surface area contributed by atoms with Crippen LogP contribution in [0.5, 0.6) is 0 Å². The summed E-state index contributed by atoms with van der Waals surface area (Å²) in [5, 5.41) is 18.1. The number of nitrogens with zero attached hydrogens (tertiary/aromatic N) is 2. The lowest BCUT2D eigenvalue weighted by Crippen LogP contribution is -2.28. The number of para-hydroxylation sites is 1. The summed E-state index contributed by atoms with van der Waals surface area (Å²) < 4.78 is 1.63. The minimum absolute atomic E-state index is 0.0454. The molecular weight excluding hydrogens is 260 g/mol. The predicted molar refractivity (Wildman–Crippen MR) is 72.5 cm³/mol. The van der Waals surface area contributed by atoms with Gasteiger partial charge in [0.1, 0.15) is 0 Å². The molecule has 0 saturated carbocycles. The number of hydrogen-bond donors (Lipinski definition) is 3. The summed E-state index contributed by atoms with van der Waals surface area (Å²) in [6.45, 7) is 0.314. The lowest BCUT2D eigenvalue weighted by Gasteiger charge is -2.09. The first kappa shape index (κ1) is 13.6. The van der Waals surface area contributed by atoms with E-state index in [2.05, 4.69) is 15.7 Å². The number of aromatic nitrogens is 2. The Bertz CT molecular complexity index is 636. The van der Waals surface area contributed by atoms with Crippen LogP contribution in [0, 0.1) is 0 Å². The maximum absolute atomic E-state index is 11.7. The smallest absolute Gasteiger partial charge is 0.337 e. The van der Waals surface area contributed by atoms with E-state index in [-0.39, 0.29) is 11.3 Å². The maximum atomic E-state index is 11.7. The van der Waals surface area contributed by atoms with Crippen molar-refractivity contribution >= 4 is 17.7 Å². The molecule has 3 N–H and O–H groups in total. The molecule has 20 heavy (non-hydrogen) atoms. The van der Waals surface area contributed by atoms with Crippen molar-refractivity contribution in [2.75, 3.05) is 5.32 Å². The third-order valence-electron chi connectivity index (χ3n) is 2.62. The van der Waals surface area contributed by atoms with E-state index in [9.17, 15) is 9.59 Å². The van der Waals surface area contributed by atoms with Crippen LogP contribution in [0.4, 0.5) is 10.5 Å². The highest BCUT2D eigenvalue weighted by atomic mass is 16.4. The maximum Gasteiger partial charge on any atom is 0.337 e. The van der Waals surface area contributed by atoms with E-state index in [4.69, 9.17) is 5.11 Å². The monoisotopic (exact) mass is 274 g/mol. The highest BCUT2D eigenvalue weighted by Gasteiger charge is 2.11. The van der Waals surface area contributed by atoms with Crippen molar-refractivity contribution in [1.82, 2.24) is 15.1 Å². The molecule has 0 saturated heterocycles. The van der Waals surface area contributed by atoms with Crippen LogP contribution in [-0.2, 0) is 13.6 Å². The zero-order valence-corrected chi connectivity index (χ0v) is 10.8. The molecule has 1 aromatic heterocycles. The highest BCUT2D eigenvalue weighted by Crippen LogP contribution is 2.14. The molecule has 0 atom stereocenters. The standard InChI is InChI=1S/C13H14N4O3/c1-17-8-9(7-15-17)6-14-13(20)16-11-5-3-2-4-10(11)12(18)19/h2-5,7-8H,6H2,1H3,(H,18,19)(H2,14,16,20). The number of carboxylic acid groups (broad SMARTS) is 1. The van der Waals surface area contributed by atoms with Crippen molar-refractivity contribution in [3.8, 4) is 0 Å². The Hall–Kier alpha value is -2.83. The third kappa shape index (κ3) is 3.35. The second-order valence-electron chi connectivity index (χ2n) is 4.18. The van der Waals surface area contributed by atoms with E-state index in [0.717, 1.165) is 5.56 Å². The quantitative estimate of drug-likeness (QED) is 0.786. The molecule has 104 valence electrons. The minimum Gasteiger partial charge on any atom is -0.478 e. The van der Waals surface area contributed by atoms with Gasteiger partial charge in [-0.3, -0.25) is 4.68 Å². The van der Waals surface area contributed by atoms with Gasteiger partial charge in [0.25, 0.3) is 0 Å². The lowest BCUT2D eigenvalue weighted by molar-refractivity contribution is 0.0698. The second kappa shape index (κ2) is 5.87. The van der Waals surface area contributed by atoms with E-state index in [1.54, 1.807) is 36.3 Å². The van der Waals surface area contributed by atoms with E-state index >= 15 is 0 Å². The molecule has 0 spiro atoms. The Morgan fingerprint density at radius 3 is 2.75 bits per heavy atom. The summed E-state index contributed by atoms with van der Waals surface area (Å²) in [6.07, 6.45) is 3.43. The molecule has 0 unspecified atom stereocenters. The zero-order chi connectivity index (χ0) is 14.5. The van der Waals surface area contributed by atoms with Crippen molar-refractivity contribution in [3.05, 3.63) is 47.8 Å². The van der Waals surface area contributed by atoms with Crippen LogP contribution >= 0.6 is 0 Å². The first-order valence-corrected chi connectivity index (χ1v) is 5.91. The molecule has 7 nitrogen and oxygen atoms in total. The van der Waals surface area contributed by atoms with Crippen LogP contribution in [0.25, 0.3) is 0 Å². The number of benzene rings is 1. The highest BCUT2D eigenvalue weighted by molar-refractivity contribution is 5.99. The van der Waals surface area contributed by atoms with Gasteiger partial charge in [-0.25, -0.2) is 9.59 Å². The van der Waals surface area contributed by atoms with E-state index in [1.807, 2.05) is 0 Å². The molecule has 1 heterocycles. The molecular formula is C13H14N4O3. The topological polar surface area (TPSA) is 96.2 Å². The van der Waals surface area contributed by atoms with Crippen molar-refractivity contribution in [1.29, 1.82) is 0 Å². The first-order valence-electron chi connectivity index (χ1n) is 5.91. The third-order valence-corrected chi connectivity index (χ3v) is 2.62. The number of carbonyl (C=O) groups is 2. The largest absolute Gasteiger partial charge is 0.478 e. The second-order valence-corrected chi connectivity index (χ2v) is 4.18. The summed E-state index contributed by atoms with van der Waals surface area (Å²) in [7, 11) is 1.78. The minimum atomic E-state index is -1.09. The number of anilines is 1. The fourth-order valence-corrected chi connectivity index (χ4v) is 1.69. The Kier molecular flexibility index (Phi) is 3.99. The lowest BCUT2D eigenvalue weighted by atomic mass is 10.2. The number of rotatable bonds is 4. The van der Waals surface area contributed by atoms with Gasteiger partial charge in [-0.2, -0.15) is 5.10 Å². The molecule has 0 aliphatic heterocycles. The van der Waals surface area contributed by atoms with Crippen LogP contribution in [0.2, 0.25) is 0 Å². The van der Waals surface area contributed by atoms with Gasteiger partial charge in [0.2, 0.25) is 0 Å². The molecule has 2 amide bonds. The van der Waals surface area contributed by atoms with Crippen molar-refractivity contribution in [2.45, 2.75) is 6.54 Å². The van der Waals surface area contributed by atoms with E-state index in [1.165, 1.54) is 12.1 Å². The Balaban J connectivity index is 1.96. The average Bonchev–Trinajstić information content (AvgIpc) is 2.83. The molecule has 0 aliphatic rings. The Labute approximate surface area is 115 Å². The fourth-order valence-electron chi connectivity index (χ4n) is 1.69. The number of aryl methyl sites for hydroxylation is 1. The van der Waals surface area contributed by atoms with Gasteiger partial charge < -0.3 is 15.7 Å². The SMILES string of the molecule is Cn1cc(CNC(=O)Nc2ccccc2C(=O)O)cn1. The Morgan fingerprint density at radius 2 is 2.10 bits per heavy atom. The van der Waals surface area contributed by atoms with Crippen molar-refractivity contribution in [3.63, 3.8) is 0 Å². The summed E-state index contributed by atoms with van der Waals surface area (Å²) in [4.78, 5) is 22.7.